The van der Waals surface area contributed by atoms with Crippen LogP contribution in [-0.2, 0) is 19.9 Å². The van der Waals surface area contributed by atoms with Crippen LogP contribution in [0, 0.1) is 5.92 Å². The number of rotatable bonds is 11. The van der Waals surface area contributed by atoms with Crippen molar-refractivity contribution in [2.75, 3.05) is 33.0 Å². The molecule has 0 spiro atoms. The minimum atomic E-state index is -4.67. The fraction of sp³-hybridized carbons (Fsp3) is 1.00. The molecule has 0 amide bonds. The lowest BCUT2D eigenvalue weighted by molar-refractivity contribution is 0.0204. The Hall–Kier alpha value is -0.250. The fourth-order valence-corrected chi connectivity index (χ4v) is 1.43. The van der Waals surface area contributed by atoms with E-state index in [9.17, 15) is 0 Å². The largest absolute Gasteiger partial charge is 0.394 e. The molecule has 0 rings (SSSR count). The van der Waals surface area contributed by atoms with Gasteiger partial charge in [0, 0.05) is 6.61 Å². The molecule has 3 N–H and O–H groups in total. The number of hydrogen-bond acceptors (Lipinski definition) is 5. The first-order valence-corrected chi connectivity index (χ1v) is 8.21. The minimum absolute atomic E-state index is 0.0914. The van der Waals surface area contributed by atoms with Gasteiger partial charge in [0.1, 0.15) is 0 Å². The second-order valence-corrected chi connectivity index (χ2v) is 5.17. The van der Waals surface area contributed by atoms with Gasteiger partial charge in [0.05, 0.1) is 26.4 Å². The zero-order chi connectivity index (χ0) is 15.9. The van der Waals surface area contributed by atoms with E-state index in [0.29, 0.717) is 25.7 Å². The van der Waals surface area contributed by atoms with Crippen molar-refractivity contribution >= 4 is 10.4 Å². The van der Waals surface area contributed by atoms with Crippen LogP contribution in [0.2, 0.25) is 0 Å². The molecule has 0 aromatic heterocycles. The van der Waals surface area contributed by atoms with Crippen LogP contribution in [0.5, 0.6) is 0 Å². The molecule has 7 nitrogen and oxygen atoms in total. The molecule has 0 heterocycles. The Morgan fingerprint density at radius 2 is 1.60 bits per heavy atom. The summed E-state index contributed by atoms with van der Waals surface area (Å²) in [4.78, 5) is 0. The topological polar surface area (TPSA) is 113 Å². The summed E-state index contributed by atoms with van der Waals surface area (Å²) >= 11 is 0. The normalized spacial score (nSPS) is 12.7. The molecular weight excluding hydrogens is 288 g/mol. The van der Waals surface area contributed by atoms with Crippen LogP contribution >= 0.6 is 0 Å². The van der Waals surface area contributed by atoms with Gasteiger partial charge in [0.2, 0.25) is 0 Å². The second kappa shape index (κ2) is 15.1. The first kappa shape index (κ1) is 22.0. The summed E-state index contributed by atoms with van der Waals surface area (Å²) in [6.07, 6.45) is 5.01. The van der Waals surface area contributed by atoms with Gasteiger partial charge in [-0.1, -0.05) is 33.1 Å². The van der Waals surface area contributed by atoms with Crippen LogP contribution in [0.15, 0.2) is 0 Å². The highest BCUT2D eigenvalue weighted by Crippen LogP contribution is 2.12. The van der Waals surface area contributed by atoms with Crippen LogP contribution < -0.4 is 0 Å². The molecule has 1 unspecified atom stereocenters. The van der Waals surface area contributed by atoms with Gasteiger partial charge in [-0.2, -0.15) is 8.42 Å². The van der Waals surface area contributed by atoms with Crippen molar-refractivity contribution in [1.29, 1.82) is 0 Å². The monoisotopic (exact) mass is 316 g/mol. The molecule has 124 valence electrons. The number of unbranched alkanes of at least 4 members (excludes halogenated alkanes) is 1. The maximum atomic E-state index is 8.74. The molecule has 0 aromatic rings. The fourth-order valence-electron chi connectivity index (χ4n) is 1.43. The van der Waals surface area contributed by atoms with Crippen molar-refractivity contribution in [2.45, 2.75) is 39.5 Å². The summed E-state index contributed by atoms with van der Waals surface area (Å²) in [5.41, 5.74) is 0. The molecule has 0 saturated carbocycles. The van der Waals surface area contributed by atoms with Gasteiger partial charge in [-0.25, -0.2) is 0 Å². The van der Waals surface area contributed by atoms with E-state index in [4.69, 9.17) is 32.1 Å². The van der Waals surface area contributed by atoms with Crippen molar-refractivity contribution < 1.29 is 32.1 Å². The van der Waals surface area contributed by atoms with Crippen molar-refractivity contribution in [3.8, 4) is 0 Å². The van der Waals surface area contributed by atoms with Crippen molar-refractivity contribution in [1.82, 2.24) is 0 Å². The first-order valence-electron chi connectivity index (χ1n) is 6.81. The van der Waals surface area contributed by atoms with Crippen LogP contribution in [-0.4, -0.2) is 55.7 Å². The van der Waals surface area contributed by atoms with E-state index >= 15 is 0 Å². The van der Waals surface area contributed by atoms with Gasteiger partial charge >= 0.3 is 10.4 Å². The number of aliphatic hydroxyl groups excluding tert-OH is 1. The number of aliphatic hydroxyl groups is 1. The summed E-state index contributed by atoms with van der Waals surface area (Å²) in [5.74, 6) is 0.697. The summed E-state index contributed by atoms with van der Waals surface area (Å²) in [6, 6.07) is 0. The zero-order valence-electron chi connectivity index (χ0n) is 12.3. The lowest BCUT2D eigenvalue weighted by Crippen LogP contribution is -2.13. The predicted molar refractivity (Wildman–Crippen MR) is 76.2 cm³/mol. The van der Waals surface area contributed by atoms with E-state index in [1.165, 1.54) is 25.7 Å². The van der Waals surface area contributed by atoms with Crippen LogP contribution in [0.1, 0.15) is 39.5 Å². The highest BCUT2D eigenvalue weighted by molar-refractivity contribution is 7.79. The zero-order valence-corrected chi connectivity index (χ0v) is 13.1. The molecule has 1 atom stereocenters. The van der Waals surface area contributed by atoms with E-state index in [-0.39, 0.29) is 6.61 Å². The van der Waals surface area contributed by atoms with Crippen molar-refractivity contribution in [3.05, 3.63) is 0 Å². The van der Waals surface area contributed by atoms with Gasteiger partial charge in [-0.15, -0.1) is 0 Å². The number of hydrogen-bond donors (Lipinski definition) is 3. The first-order chi connectivity index (χ1) is 9.35. The smallest absolute Gasteiger partial charge is 0.394 e. The van der Waals surface area contributed by atoms with Crippen LogP contribution in [0.3, 0.4) is 0 Å². The minimum Gasteiger partial charge on any atom is -0.394 e. The molecular formula is C12H28O7S. The Bertz CT molecular complexity index is 272. The SMILES string of the molecule is CCCCC(CC)COCCOCCO.O=S(=O)(O)O. The Kier molecular flexibility index (Phi) is 16.7. The van der Waals surface area contributed by atoms with E-state index in [1.807, 2.05) is 0 Å². The number of ether oxygens (including phenoxy) is 2. The van der Waals surface area contributed by atoms with E-state index < -0.39 is 10.4 Å². The maximum absolute atomic E-state index is 8.74. The predicted octanol–water partition coefficient (Wildman–Crippen LogP) is 1.58. The van der Waals surface area contributed by atoms with Gasteiger partial charge in [0.25, 0.3) is 0 Å². The van der Waals surface area contributed by atoms with E-state index in [1.54, 1.807) is 0 Å². The average Bonchev–Trinajstić information content (AvgIpc) is 2.35. The third-order valence-corrected chi connectivity index (χ3v) is 2.50. The molecule has 0 saturated heterocycles. The lowest BCUT2D eigenvalue weighted by atomic mass is 10.0. The molecule has 0 aliphatic heterocycles. The summed E-state index contributed by atoms with van der Waals surface area (Å²) in [5, 5.41) is 8.48. The maximum Gasteiger partial charge on any atom is 0.394 e. The lowest BCUT2D eigenvalue weighted by Gasteiger charge is -2.14. The molecule has 0 radical (unpaired) electrons. The molecule has 0 aliphatic rings. The Morgan fingerprint density at radius 1 is 1.05 bits per heavy atom. The van der Waals surface area contributed by atoms with Gasteiger partial charge < -0.3 is 14.6 Å². The quantitative estimate of drug-likeness (QED) is 0.391. The molecule has 8 heteroatoms. The Labute approximate surface area is 121 Å². The summed E-state index contributed by atoms with van der Waals surface area (Å²) in [6.45, 7) is 7.01. The van der Waals surface area contributed by atoms with Crippen LogP contribution in [0.4, 0.5) is 0 Å². The van der Waals surface area contributed by atoms with Gasteiger partial charge in [-0.05, 0) is 12.3 Å². The summed E-state index contributed by atoms with van der Waals surface area (Å²) < 4.78 is 42.2. The molecule has 0 bridgehead atoms. The van der Waals surface area contributed by atoms with Gasteiger partial charge in [-0.3, -0.25) is 9.11 Å². The van der Waals surface area contributed by atoms with Gasteiger partial charge in [0.15, 0.2) is 0 Å². The molecule has 0 aromatic carbocycles. The highest BCUT2D eigenvalue weighted by atomic mass is 32.3. The van der Waals surface area contributed by atoms with E-state index in [0.717, 1.165) is 6.61 Å². The molecule has 0 aliphatic carbocycles. The van der Waals surface area contributed by atoms with Crippen LogP contribution in [0.25, 0.3) is 0 Å². The molecule has 20 heavy (non-hydrogen) atoms. The third-order valence-electron chi connectivity index (χ3n) is 2.50. The summed E-state index contributed by atoms with van der Waals surface area (Å²) in [7, 11) is -4.67. The highest BCUT2D eigenvalue weighted by Gasteiger charge is 2.05. The standard InChI is InChI=1S/C12H26O3.H2O4S/c1-3-5-6-12(4-2)11-15-10-9-14-8-7-13;1-5(2,3)4/h12-13H,3-11H2,1-2H3;(H2,1,2,3,4). The van der Waals surface area contributed by atoms with Crippen molar-refractivity contribution in [2.24, 2.45) is 5.92 Å². The Balaban J connectivity index is 0. The third kappa shape index (κ3) is 26.3. The van der Waals surface area contributed by atoms with Crippen molar-refractivity contribution in [3.63, 3.8) is 0 Å². The van der Waals surface area contributed by atoms with E-state index in [2.05, 4.69) is 13.8 Å². The second-order valence-electron chi connectivity index (χ2n) is 4.28. The molecule has 0 fully saturated rings. The average molecular weight is 316 g/mol. The Morgan fingerprint density at radius 3 is 2.05 bits per heavy atom.